The Balaban J connectivity index is 2.15. The summed E-state index contributed by atoms with van der Waals surface area (Å²) in [5.74, 6) is 0.0912. The first-order valence-electron chi connectivity index (χ1n) is 7.79. The Labute approximate surface area is 136 Å². The van der Waals surface area contributed by atoms with Crippen molar-refractivity contribution in [2.45, 2.75) is 33.1 Å². The Morgan fingerprint density at radius 1 is 1.00 bits per heavy atom. The minimum absolute atomic E-state index is 0.135. The summed E-state index contributed by atoms with van der Waals surface area (Å²) in [6.07, 6.45) is 1.01. The highest BCUT2D eigenvalue weighted by molar-refractivity contribution is 6.05. The number of carbonyl (C=O) groups is 2. The molecule has 0 aliphatic rings. The van der Waals surface area contributed by atoms with Crippen LogP contribution in [-0.2, 0) is 4.79 Å². The van der Waals surface area contributed by atoms with Crippen molar-refractivity contribution in [1.29, 1.82) is 0 Å². The van der Waals surface area contributed by atoms with E-state index in [0.717, 1.165) is 17.7 Å². The molecule has 0 fully saturated rings. The highest BCUT2D eigenvalue weighted by Gasteiger charge is 2.12. The Kier molecular flexibility index (Phi) is 5.52. The van der Waals surface area contributed by atoms with Crippen LogP contribution >= 0.6 is 0 Å². The smallest absolute Gasteiger partial charge is 0.255 e. The fourth-order valence-corrected chi connectivity index (χ4v) is 2.36. The van der Waals surface area contributed by atoms with Crippen LogP contribution in [0.25, 0.3) is 0 Å². The molecular formula is C19H22N2O2. The van der Waals surface area contributed by atoms with Gasteiger partial charge in [0.2, 0.25) is 5.91 Å². The molecule has 0 aromatic heterocycles. The van der Waals surface area contributed by atoms with Gasteiger partial charge in [-0.1, -0.05) is 32.0 Å². The summed E-state index contributed by atoms with van der Waals surface area (Å²) in [4.78, 5) is 23.4. The monoisotopic (exact) mass is 310 g/mol. The minimum atomic E-state index is -0.157. The molecule has 0 unspecified atom stereocenters. The number of hydrogen-bond acceptors (Lipinski definition) is 2. The molecule has 2 amide bonds. The number of para-hydroxylation sites is 1. The van der Waals surface area contributed by atoms with Crippen LogP contribution in [-0.4, -0.2) is 11.8 Å². The lowest BCUT2D eigenvalue weighted by molar-refractivity contribution is -0.114. The van der Waals surface area contributed by atoms with Gasteiger partial charge in [0.15, 0.2) is 0 Å². The van der Waals surface area contributed by atoms with Crippen molar-refractivity contribution in [3.8, 4) is 0 Å². The molecule has 23 heavy (non-hydrogen) atoms. The summed E-state index contributed by atoms with van der Waals surface area (Å²) in [6, 6.07) is 14.7. The van der Waals surface area contributed by atoms with Crippen molar-refractivity contribution in [3.63, 3.8) is 0 Å². The molecule has 0 bridgehead atoms. The highest BCUT2D eigenvalue weighted by Crippen LogP contribution is 2.27. The predicted molar refractivity (Wildman–Crippen MR) is 93.8 cm³/mol. The molecule has 2 N–H and O–H groups in total. The molecule has 0 saturated carbocycles. The van der Waals surface area contributed by atoms with Crippen molar-refractivity contribution >= 4 is 23.2 Å². The predicted octanol–water partition coefficient (Wildman–Crippen LogP) is 4.41. The van der Waals surface area contributed by atoms with Crippen molar-refractivity contribution in [2.75, 3.05) is 10.6 Å². The van der Waals surface area contributed by atoms with Crippen molar-refractivity contribution in [2.24, 2.45) is 0 Å². The van der Waals surface area contributed by atoms with Gasteiger partial charge in [-0.25, -0.2) is 0 Å². The SMILES string of the molecule is CC[C@@H](C)c1ccccc1NC(=O)c1ccc(NC(C)=O)cc1. The molecule has 4 nitrogen and oxygen atoms in total. The Morgan fingerprint density at radius 3 is 2.26 bits per heavy atom. The van der Waals surface area contributed by atoms with Crippen LogP contribution in [0, 0.1) is 0 Å². The maximum absolute atomic E-state index is 12.4. The number of amides is 2. The lowest BCUT2D eigenvalue weighted by Gasteiger charge is -2.15. The molecule has 0 heterocycles. The first-order valence-corrected chi connectivity index (χ1v) is 7.79. The summed E-state index contributed by atoms with van der Waals surface area (Å²) < 4.78 is 0. The molecule has 0 radical (unpaired) electrons. The topological polar surface area (TPSA) is 58.2 Å². The van der Waals surface area contributed by atoms with Crippen LogP contribution in [0.4, 0.5) is 11.4 Å². The molecule has 4 heteroatoms. The Bertz CT molecular complexity index is 693. The molecule has 0 aliphatic heterocycles. The number of benzene rings is 2. The maximum Gasteiger partial charge on any atom is 0.255 e. The molecule has 2 aromatic rings. The van der Waals surface area contributed by atoms with E-state index in [4.69, 9.17) is 0 Å². The van der Waals surface area contributed by atoms with Gasteiger partial charge < -0.3 is 10.6 Å². The molecule has 0 aliphatic carbocycles. The van der Waals surface area contributed by atoms with Gasteiger partial charge in [-0.3, -0.25) is 9.59 Å². The molecular weight excluding hydrogens is 288 g/mol. The standard InChI is InChI=1S/C19H22N2O2/c1-4-13(2)17-7-5-6-8-18(17)21-19(23)15-9-11-16(12-10-15)20-14(3)22/h5-13H,4H2,1-3H3,(H,20,22)(H,21,23)/t13-/m1/s1. The minimum Gasteiger partial charge on any atom is -0.326 e. The first kappa shape index (κ1) is 16.7. The van der Waals surface area contributed by atoms with E-state index in [1.165, 1.54) is 6.92 Å². The van der Waals surface area contributed by atoms with E-state index in [-0.39, 0.29) is 11.8 Å². The zero-order valence-corrected chi connectivity index (χ0v) is 13.7. The van der Waals surface area contributed by atoms with Crippen LogP contribution in [0.5, 0.6) is 0 Å². The lowest BCUT2D eigenvalue weighted by atomic mass is 9.97. The van der Waals surface area contributed by atoms with Crippen LogP contribution in [0.3, 0.4) is 0 Å². The van der Waals surface area contributed by atoms with Crippen molar-refractivity contribution < 1.29 is 9.59 Å². The summed E-state index contributed by atoms with van der Waals surface area (Å²) >= 11 is 0. The van der Waals surface area contributed by atoms with Gasteiger partial charge in [0.05, 0.1) is 0 Å². The number of nitrogens with one attached hydrogen (secondary N) is 2. The number of anilines is 2. The van der Waals surface area contributed by atoms with E-state index in [9.17, 15) is 9.59 Å². The summed E-state index contributed by atoms with van der Waals surface area (Å²) in [5, 5.41) is 5.66. The van der Waals surface area contributed by atoms with Crippen LogP contribution in [0.15, 0.2) is 48.5 Å². The quantitative estimate of drug-likeness (QED) is 0.859. The largest absolute Gasteiger partial charge is 0.326 e. The first-order chi connectivity index (χ1) is 11.0. The normalized spacial score (nSPS) is 11.6. The van der Waals surface area contributed by atoms with Gasteiger partial charge in [0, 0.05) is 23.9 Å². The van der Waals surface area contributed by atoms with E-state index in [2.05, 4.69) is 24.5 Å². The molecule has 0 spiro atoms. The second-order valence-corrected chi connectivity index (χ2v) is 5.61. The summed E-state index contributed by atoms with van der Waals surface area (Å²) in [7, 11) is 0. The molecule has 120 valence electrons. The second kappa shape index (κ2) is 7.58. The summed E-state index contributed by atoms with van der Waals surface area (Å²) in [6.45, 7) is 5.73. The Hall–Kier alpha value is -2.62. The van der Waals surface area contributed by atoms with E-state index < -0.39 is 0 Å². The fourth-order valence-electron chi connectivity index (χ4n) is 2.36. The zero-order chi connectivity index (χ0) is 16.8. The third-order valence-electron chi connectivity index (χ3n) is 3.82. The lowest BCUT2D eigenvalue weighted by Crippen LogP contribution is -2.14. The van der Waals surface area contributed by atoms with Gasteiger partial charge in [-0.15, -0.1) is 0 Å². The van der Waals surface area contributed by atoms with Crippen LogP contribution in [0.2, 0.25) is 0 Å². The average Bonchev–Trinajstić information content (AvgIpc) is 2.54. The van der Waals surface area contributed by atoms with Crippen LogP contribution < -0.4 is 10.6 Å². The van der Waals surface area contributed by atoms with E-state index in [1.807, 2.05) is 24.3 Å². The van der Waals surface area contributed by atoms with E-state index >= 15 is 0 Å². The number of hydrogen-bond donors (Lipinski definition) is 2. The second-order valence-electron chi connectivity index (χ2n) is 5.61. The Morgan fingerprint density at radius 2 is 1.65 bits per heavy atom. The maximum atomic E-state index is 12.4. The third-order valence-corrected chi connectivity index (χ3v) is 3.82. The fraction of sp³-hybridized carbons (Fsp3) is 0.263. The van der Waals surface area contributed by atoms with Crippen molar-refractivity contribution in [3.05, 3.63) is 59.7 Å². The van der Waals surface area contributed by atoms with E-state index in [1.54, 1.807) is 24.3 Å². The molecule has 2 rings (SSSR count). The molecule has 0 saturated heterocycles. The third kappa shape index (κ3) is 4.42. The van der Waals surface area contributed by atoms with Gasteiger partial charge >= 0.3 is 0 Å². The van der Waals surface area contributed by atoms with Gasteiger partial charge in [0.25, 0.3) is 5.91 Å². The van der Waals surface area contributed by atoms with Crippen molar-refractivity contribution in [1.82, 2.24) is 0 Å². The van der Waals surface area contributed by atoms with Gasteiger partial charge in [-0.2, -0.15) is 0 Å². The molecule has 1 atom stereocenters. The zero-order valence-electron chi connectivity index (χ0n) is 13.7. The molecule has 2 aromatic carbocycles. The van der Waals surface area contributed by atoms with Gasteiger partial charge in [0.1, 0.15) is 0 Å². The van der Waals surface area contributed by atoms with Gasteiger partial charge in [-0.05, 0) is 48.2 Å². The number of rotatable bonds is 5. The summed E-state index contributed by atoms with van der Waals surface area (Å²) in [5.41, 5.74) is 3.21. The highest BCUT2D eigenvalue weighted by atomic mass is 16.2. The average molecular weight is 310 g/mol. The number of carbonyl (C=O) groups excluding carboxylic acids is 2. The van der Waals surface area contributed by atoms with E-state index in [0.29, 0.717) is 17.2 Å². The van der Waals surface area contributed by atoms with Crippen LogP contribution in [0.1, 0.15) is 49.0 Å².